The summed E-state index contributed by atoms with van der Waals surface area (Å²) in [6.07, 6.45) is 0. The number of ether oxygens (including phenoxy) is 1. The number of nitrogens with two attached hydrogens (primary N) is 1. The number of carbonyl (C=O) groups excluding carboxylic acids is 1. The molecule has 0 amide bonds. The number of aromatic nitrogens is 4. The molecule has 0 saturated carbocycles. The van der Waals surface area contributed by atoms with Crippen molar-refractivity contribution in [2.75, 3.05) is 19.7 Å². The van der Waals surface area contributed by atoms with Crippen molar-refractivity contribution in [3.05, 3.63) is 41.2 Å². The third kappa shape index (κ3) is 5.07. The van der Waals surface area contributed by atoms with Gasteiger partial charge in [0.25, 0.3) is 0 Å². The number of esters is 1. The molecule has 25 heavy (non-hydrogen) atoms. The molecule has 8 nitrogen and oxygen atoms in total. The Morgan fingerprint density at radius 3 is 2.56 bits per heavy atom. The van der Waals surface area contributed by atoms with Crippen LogP contribution in [0.1, 0.15) is 49.7 Å². The molecule has 0 bridgehead atoms. The van der Waals surface area contributed by atoms with Crippen LogP contribution in [0.25, 0.3) is 0 Å². The van der Waals surface area contributed by atoms with E-state index < -0.39 is 0 Å². The molecule has 1 atom stereocenters. The van der Waals surface area contributed by atoms with Gasteiger partial charge in [-0.2, -0.15) is 0 Å². The largest absolute Gasteiger partial charge is 0.465 e. The van der Waals surface area contributed by atoms with Gasteiger partial charge in [0.15, 0.2) is 5.82 Å². The van der Waals surface area contributed by atoms with Crippen LogP contribution in [0, 0.1) is 0 Å². The van der Waals surface area contributed by atoms with Gasteiger partial charge in [-0.1, -0.05) is 38.1 Å². The molecule has 1 heterocycles. The first kappa shape index (κ1) is 19.0. The van der Waals surface area contributed by atoms with Gasteiger partial charge in [-0.05, 0) is 34.4 Å². The average Bonchev–Trinajstić information content (AvgIpc) is 3.04. The lowest BCUT2D eigenvalue weighted by Gasteiger charge is -2.19. The minimum Gasteiger partial charge on any atom is -0.465 e. The molecule has 0 fully saturated rings. The number of hydrogen-bond donors (Lipinski definition) is 2. The first-order valence-corrected chi connectivity index (χ1v) is 8.51. The normalized spacial score (nSPS) is 12.4. The van der Waals surface area contributed by atoms with E-state index in [1.54, 1.807) is 6.92 Å². The minimum absolute atomic E-state index is 0.0267. The van der Waals surface area contributed by atoms with Crippen molar-refractivity contribution in [3.8, 4) is 0 Å². The molecule has 1 unspecified atom stereocenters. The van der Waals surface area contributed by atoms with Crippen LogP contribution < -0.4 is 11.1 Å². The highest BCUT2D eigenvalue weighted by Gasteiger charge is 2.22. The highest BCUT2D eigenvalue weighted by Crippen LogP contribution is 2.22. The summed E-state index contributed by atoms with van der Waals surface area (Å²) in [5.41, 5.74) is 7.90. The first-order chi connectivity index (χ1) is 12.1. The van der Waals surface area contributed by atoms with Crippen molar-refractivity contribution in [1.82, 2.24) is 25.5 Å². The van der Waals surface area contributed by atoms with Gasteiger partial charge in [0.2, 0.25) is 0 Å². The molecule has 8 heteroatoms. The molecule has 0 aliphatic rings. The Morgan fingerprint density at radius 2 is 1.96 bits per heavy atom. The van der Waals surface area contributed by atoms with Gasteiger partial charge in [0.05, 0.1) is 12.6 Å². The van der Waals surface area contributed by atoms with E-state index in [4.69, 9.17) is 10.5 Å². The molecule has 2 aromatic rings. The maximum atomic E-state index is 11.8. The van der Waals surface area contributed by atoms with Gasteiger partial charge in [-0.15, -0.1) is 5.10 Å². The van der Waals surface area contributed by atoms with Crippen LogP contribution in [0.3, 0.4) is 0 Å². The Bertz CT molecular complexity index is 668. The van der Waals surface area contributed by atoms with E-state index in [0.29, 0.717) is 31.4 Å². The summed E-state index contributed by atoms with van der Waals surface area (Å²) in [5.74, 6) is 0.640. The third-order valence-corrected chi connectivity index (χ3v) is 3.83. The standard InChI is InChI=1S/C17H26N6O2/c1-4-25-15(24)11-23-17(20-21-22-23)16(19-10-9-18)14-7-5-13(6-8-14)12(2)3/h5-8,12,16,19H,4,9-11,18H2,1-3H3. The first-order valence-electron chi connectivity index (χ1n) is 8.51. The van der Waals surface area contributed by atoms with Crippen molar-refractivity contribution >= 4 is 5.97 Å². The predicted octanol–water partition coefficient (Wildman–Crippen LogP) is 0.997. The lowest BCUT2D eigenvalue weighted by atomic mass is 9.98. The highest BCUT2D eigenvalue weighted by molar-refractivity contribution is 5.69. The van der Waals surface area contributed by atoms with E-state index >= 15 is 0 Å². The van der Waals surface area contributed by atoms with E-state index in [1.165, 1.54) is 10.2 Å². The minimum atomic E-state index is -0.371. The van der Waals surface area contributed by atoms with Crippen molar-refractivity contribution in [1.29, 1.82) is 0 Å². The van der Waals surface area contributed by atoms with Crippen LogP contribution in [-0.2, 0) is 16.1 Å². The topological polar surface area (TPSA) is 108 Å². The van der Waals surface area contributed by atoms with Crippen molar-refractivity contribution in [3.63, 3.8) is 0 Å². The fourth-order valence-electron chi connectivity index (χ4n) is 2.52. The molecule has 136 valence electrons. The summed E-state index contributed by atoms with van der Waals surface area (Å²) in [6.45, 7) is 7.45. The number of nitrogens with zero attached hydrogens (tertiary/aromatic N) is 4. The predicted molar refractivity (Wildman–Crippen MR) is 93.9 cm³/mol. The van der Waals surface area contributed by atoms with E-state index in [2.05, 4.69) is 46.8 Å². The zero-order chi connectivity index (χ0) is 18.2. The number of rotatable bonds is 9. The summed E-state index contributed by atoms with van der Waals surface area (Å²) in [5, 5.41) is 15.1. The van der Waals surface area contributed by atoms with Crippen molar-refractivity contribution in [2.45, 2.75) is 39.3 Å². The van der Waals surface area contributed by atoms with Crippen LogP contribution >= 0.6 is 0 Å². The second-order valence-electron chi connectivity index (χ2n) is 6.00. The maximum absolute atomic E-state index is 11.8. The Balaban J connectivity index is 2.28. The van der Waals surface area contributed by atoms with E-state index in [-0.39, 0.29) is 18.6 Å². The Morgan fingerprint density at radius 1 is 1.28 bits per heavy atom. The molecule has 1 aromatic heterocycles. The zero-order valence-corrected chi connectivity index (χ0v) is 15.0. The summed E-state index contributed by atoms with van der Waals surface area (Å²) >= 11 is 0. The van der Waals surface area contributed by atoms with Crippen molar-refractivity contribution in [2.24, 2.45) is 5.73 Å². The molecule has 0 aliphatic heterocycles. The number of tetrazole rings is 1. The van der Waals surface area contributed by atoms with Crippen LogP contribution in [0.15, 0.2) is 24.3 Å². The van der Waals surface area contributed by atoms with Crippen LogP contribution in [0.2, 0.25) is 0 Å². The Labute approximate surface area is 147 Å². The smallest absolute Gasteiger partial charge is 0.327 e. The second kappa shape index (κ2) is 9.24. The van der Waals surface area contributed by atoms with Gasteiger partial charge >= 0.3 is 5.97 Å². The molecule has 1 aromatic carbocycles. The molecule has 0 saturated heterocycles. The fraction of sp³-hybridized carbons (Fsp3) is 0.529. The summed E-state index contributed by atoms with van der Waals surface area (Å²) < 4.78 is 6.44. The third-order valence-electron chi connectivity index (χ3n) is 3.83. The van der Waals surface area contributed by atoms with Crippen LogP contribution in [0.4, 0.5) is 0 Å². The van der Waals surface area contributed by atoms with Gasteiger partial charge < -0.3 is 15.8 Å². The Kier molecular flexibility index (Phi) is 7.03. The molecule has 0 aliphatic carbocycles. The summed E-state index contributed by atoms with van der Waals surface area (Å²) in [4.78, 5) is 11.8. The highest BCUT2D eigenvalue weighted by atomic mass is 16.5. The molecule has 2 rings (SSSR count). The lowest BCUT2D eigenvalue weighted by Crippen LogP contribution is -2.31. The second-order valence-corrected chi connectivity index (χ2v) is 6.00. The molecule has 3 N–H and O–H groups in total. The Hall–Kier alpha value is -2.32. The van der Waals surface area contributed by atoms with Crippen LogP contribution in [-0.4, -0.2) is 45.9 Å². The number of hydrogen-bond acceptors (Lipinski definition) is 7. The summed E-state index contributed by atoms with van der Waals surface area (Å²) in [7, 11) is 0. The average molecular weight is 346 g/mol. The molecule has 0 spiro atoms. The SMILES string of the molecule is CCOC(=O)Cn1nnnc1C(NCCN)c1ccc(C(C)C)cc1. The van der Waals surface area contributed by atoms with Crippen LogP contribution in [0.5, 0.6) is 0 Å². The molecule has 0 radical (unpaired) electrons. The molecular weight excluding hydrogens is 320 g/mol. The van der Waals surface area contributed by atoms with E-state index in [9.17, 15) is 4.79 Å². The van der Waals surface area contributed by atoms with Gasteiger partial charge in [-0.25, -0.2) is 4.68 Å². The van der Waals surface area contributed by atoms with Crippen molar-refractivity contribution < 1.29 is 9.53 Å². The van der Waals surface area contributed by atoms with Gasteiger partial charge in [-0.3, -0.25) is 4.79 Å². The molecular formula is C17H26N6O2. The van der Waals surface area contributed by atoms with Gasteiger partial charge in [0.1, 0.15) is 6.54 Å². The summed E-state index contributed by atoms with van der Waals surface area (Å²) in [6, 6.07) is 8.03. The zero-order valence-electron chi connectivity index (χ0n) is 15.0. The van der Waals surface area contributed by atoms with Gasteiger partial charge in [0, 0.05) is 13.1 Å². The van der Waals surface area contributed by atoms with E-state index in [1.807, 2.05) is 12.1 Å². The fourth-order valence-corrected chi connectivity index (χ4v) is 2.52. The van der Waals surface area contributed by atoms with E-state index in [0.717, 1.165) is 5.56 Å². The monoisotopic (exact) mass is 346 g/mol. The number of nitrogens with one attached hydrogen (secondary N) is 1. The maximum Gasteiger partial charge on any atom is 0.327 e. The number of carbonyl (C=O) groups is 1. The lowest BCUT2D eigenvalue weighted by molar-refractivity contribution is -0.144. The number of benzene rings is 1. The quantitative estimate of drug-likeness (QED) is 0.652.